The van der Waals surface area contributed by atoms with Crippen LogP contribution in [0.4, 0.5) is 10.8 Å². The molecule has 3 aromatic rings. The summed E-state index contributed by atoms with van der Waals surface area (Å²) in [4.78, 5) is 40.4. The smallest absolute Gasteiger partial charge is 0.276 e. The van der Waals surface area contributed by atoms with Crippen LogP contribution in [0.5, 0.6) is 0 Å². The number of anilines is 2. The summed E-state index contributed by atoms with van der Waals surface area (Å²) >= 11 is 1.33. The summed E-state index contributed by atoms with van der Waals surface area (Å²) in [5, 5.41) is 11.8. The van der Waals surface area contributed by atoms with Crippen molar-refractivity contribution in [3.8, 4) is 0 Å². The molecule has 0 saturated heterocycles. The minimum Gasteiger partial charge on any atom is -0.321 e. The van der Waals surface area contributed by atoms with E-state index in [0.717, 1.165) is 10.4 Å². The Hall–Kier alpha value is -3.33. The van der Waals surface area contributed by atoms with Gasteiger partial charge in [-0.25, -0.2) is 9.67 Å². The molecule has 0 radical (unpaired) electrons. The summed E-state index contributed by atoms with van der Waals surface area (Å²) in [5.41, 5.74) is 1.16. The third-order valence-electron chi connectivity index (χ3n) is 3.55. The van der Waals surface area contributed by atoms with Gasteiger partial charge in [-0.1, -0.05) is 18.2 Å². The van der Waals surface area contributed by atoms with E-state index in [2.05, 4.69) is 20.7 Å². The quantitative estimate of drug-likeness (QED) is 0.679. The second-order valence-electron chi connectivity index (χ2n) is 5.69. The van der Waals surface area contributed by atoms with Crippen molar-refractivity contribution in [3.05, 3.63) is 69.6 Å². The van der Waals surface area contributed by atoms with E-state index in [-0.39, 0.29) is 30.1 Å². The molecule has 0 unspecified atom stereocenters. The van der Waals surface area contributed by atoms with Crippen LogP contribution in [0.1, 0.15) is 22.6 Å². The number of carbonyl (C=O) groups is 2. The third-order valence-corrected chi connectivity index (χ3v) is 4.42. The lowest BCUT2D eigenvalue weighted by atomic mass is 10.3. The van der Waals surface area contributed by atoms with Crippen LogP contribution in [0.15, 0.2) is 52.6 Å². The van der Waals surface area contributed by atoms with Gasteiger partial charge >= 0.3 is 0 Å². The Bertz CT molecular complexity index is 1010. The predicted octanol–water partition coefficient (Wildman–Crippen LogP) is 2.29. The number of carbonyl (C=O) groups excluding carboxylic acids is 2. The zero-order chi connectivity index (χ0) is 19.2. The van der Waals surface area contributed by atoms with Crippen LogP contribution in [0.2, 0.25) is 0 Å². The van der Waals surface area contributed by atoms with Gasteiger partial charge in [-0.3, -0.25) is 14.4 Å². The summed E-state index contributed by atoms with van der Waals surface area (Å²) in [7, 11) is 0. The van der Waals surface area contributed by atoms with Crippen molar-refractivity contribution >= 4 is 34.0 Å². The molecule has 138 valence electrons. The van der Waals surface area contributed by atoms with Crippen LogP contribution in [0.25, 0.3) is 0 Å². The van der Waals surface area contributed by atoms with Gasteiger partial charge in [0, 0.05) is 23.6 Å². The van der Waals surface area contributed by atoms with E-state index in [9.17, 15) is 14.4 Å². The molecular weight excluding hydrogens is 366 g/mol. The number of nitrogens with one attached hydrogen (secondary N) is 2. The van der Waals surface area contributed by atoms with Crippen molar-refractivity contribution in [2.75, 3.05) is 10.6 Å². The summed E-state index contributed by atoms with van der Waals surface area (Å²) in [6.45, 7) is 1.89. The van der Waals surface area contributed by atoms with E-state index in [1.807, 2.05) is 18.4 Å². The van der Waals surface area contributed by atoms with Gasteiger partial charge in [-0.05, 0) is 25.1 Å². The van der Waals surface area contributed by atoms with Crippen molar-refractivity contribution in [1.29, 1.82) is 0 Å². The molecule has 0 saturated carbocycles. The van der Waals surface area contributed by atoms with Crippen LogP contribution < -0.4 is 16.2 Å². The lowest BCUT2D eigenvalue weighted by molar-refractivity contribution is -0.116. The Morgan fingerprint density at radius 3 is 2.59 bits per heavy atom. The fraction of sp³-hybridized carbons (Fsp3) is 0.167. The first-order chi connectivity index (χ1) is 13.0. The fourth-order valence-electron chi connectivity index (χ4n) is 2.25. The molecule has 2 N–H and O–H groups in total. The lowest BCUT2D eigenvalue weighted by Crippen LogP contribution is -2.28. The average molecular weight is 383 g/mol. The Labute approximate surface area is 158 Å². The van der Waals surface area contributed by atoms with Crippen LogP contribution in [0, 0.1) is 6.92 Å². The SMILES string of the molecule is Cc1csc(NC(=O)CCn2nc(C(=O)Nc3ccccc3)ccc2=O)n1. The van der Waals surface area contributed by atoms with Gasteiger partial charge in [0.25, 0.3) is 11.5 Å². The maximum absolute atomic E-state index is 12.3. The number of aromatic nitrogens is 3. The summed E-state index contributed by atoms with van der Waals surface area (Å²) < 4.78 is 1.10. The van der Waals surface area contributed by atoms with Crippen LogP contribution >= 0.6 is 11.3 Å². The molecule has 1 aromatic carbocycles. The first kappa shape index (κ1) is 18.5. The fourth-order valence-corrected chi connectivity index (χ4v) is 2.95. The molecule has 0 atom stereocenters. The molecule has 0 fully saturated rings. The molecule has 0 bridgehead atoms. The van der Waals surface area contributed by atoms with E-state index >= 15 is 0 Å². The van der Waals surface area contributed by atoms with Crippen molar-refractivity contribution in [1.82, 2.24) is 14.8 Å². The monoisotopic (exact) mass is 383 g/mol. The highest BCUT2D eigenvalue weighted by molar-refractivity contribution is 7.13. The molecular formula is C18H17N5O3S. The Balaban J connectivity index is 1.63. The zero-order valence-electron chi connectivity index (χ0n) is 14.5. The van der Waals surface area contributed by atoms with E-state index < -0.39 is 5.91 Å². The maximum atomic E-state index is 12.3. The molecule has 0 aliphatic rings. The molecule has 0 spiro atoms. The summed E-state index contributed by atoms with van der Waals surface area (Å²) in [6.07, 6.45) is 0.0370. The number of thiazole rings is 1. The number of nitrogens with zero attached hydrogens (tertiary/aromatic N) is 3. The molecule has 0 aliphatic carbocycles. The van der Waals surface area contributed by atoms with Gasteiger partial charge in [0.15, 0.2) is 5.13 Å². The molecule has 0 aliphatic heterocycles. The van der Waals surface area contributed by atoms with Gasteiger partial charge in [0.2, 0.25) is 5.91 Å². The van der Waals surface area contributed by atoms with Crippen LogP contribution in [-0.2, 0) is 11.3 Å². The van der Waals surface area contributed by atoms with Crippen molar-refractivity contribution in [3.63, 3.8) is 0 Å². The van der Waals surface area contributed by atoms with E-state index in [1.165, 1.54) is 23.5 Å². The number of aryl methyl sites for hydroxylation is 2. The molecule has 2 heterocycles. The maximum Gasteiger partial charge on any atom is 0.276 e. The Morgan fingerprint density at radius 2 is 1.89 bits per heavy atom. The molecule has 27 heavy (non-hydrogen) atoms. The van der Waals surface area contributed by atoms with Gasteiger partial charge in [0.1, 0.15) is 5.69 Å². The minimum atomic E-state index is -0.433. The van der Waals surface area contributed by atoms with Gasteiger partial charge in [-0.15, -0.1) is 11.3 Å². The van der Waals surface area contributed by atoms with E-state index in [1.54, 1.807) is 24.3 Å². The second-order valence-corrected chi connectivity index (χ2v) is 6.55. The number of amides is 2. The Morgan fingerprint density at radius 1 is 1.11 bits per heavy atom. The normalized spacial score (nSPS) is 10.4. The third kappa shape index (κ3) is 5.08. The highest BCUT2D eigenvalue weighted by Crippen LogP contribution is 2.14. The molecule has 2 amide bonds. The molecule has 9 heteroatoms. The first-order valence-corrected chi connectivity index (χ1v) is 9.06. The number of rotatable bonds is 6. The van der Waals surface area contributed by atoms with Gasteiger partial charge < -0.3 is 10.6 Å². The van der Waals surface area contributed by atoms with Crippen molar-refractivity contribution < 1.29 is 9.59 Å². The van der Waals surface area contributed by atoms with E-state index in [4.69, 9.17) is 0 Å². The first-order valence-electron chi connectivity index (χ1n) is 8.18. The molecule has 8 nitrogen and oxygen atoms in total. The number of hydrogen-bond donors (Lipinski definition) is 2. The van der Waals surface area contributed by atoms with Gasteiger partial charge in [-0.2, -0.15) is 5.10 Å². The largest absolute Gasteiger partial charge is 0.321 e. The van der Waals surface area contributed by atoms with Crippen molar-refractivity contribution in [2.45, 2.75) is 19.9 Å². The highest BCUT2D eigenvalue weighted by Gasteiger charge is 2.11. The number of benzene rings is 1. The average Bonchev–Trinajstić information content (AvgIpc) is 3.06. The Kier molecular flexibility index (Phi) is 5.72. The topological polar surface area (TPSA) is 106 Å². The van der Waals surface area contributed by atoms with Crippen molar-refractivity contribution in [2.24, 2.45) is 0 Å². The van der Waals surface area contributed by atoms with E-state index in [0.29, 0.717) is 10.8 Å². The molecule has 2 aromatic heterocycles. The second kappa shape index (κ2) is 8.37. The standard InChI is InChI=1S/C18H17N5O3S/c1-12-11-27-18(19-12)21-15(24)9-10-23-16(25)8-7-14(22-23)17(26)20-13-5-3-2-4-6-13/h2-8,11H,9-10H2,1H3,(H,20,26)(H,19,21,24). The van der Waals surface area contributed by atoms with Gasteiger partial charge in [0.05, 0.1) is 12.2 Å². The molecule has 3 rings (SSSR count). The minimum absolute atomic E-state index is 0.0370. The summed E-state index contributed by atoms with van der Waals surface area (Å²) in [6, 6.07) is 11.5. The highest BCUT2D eigenvalue weighted by atomic mass is 32.1. The zero-order valence-corrected chi connectivity index (χ0v) is 15.3. The number of hydrogen-bond acceptors (Lipinski definition) is 6. The lowest BCUT2D eigenvalue weighted by Gasteiger charge is -2.08. The predicted molar refractivity (Wildman–Crippen MR) is 103 cm³/mol. The van der Waals surface area contributed by atoms with Crippen LogP contribution in [-0.4, -0.2) is 26.6 Å². The van der Waals surface area contributed by atoms with Crippen LogP contribution in [0.3, 0.4) is 0 Å². The summed E-state index contributed by atoms with van der Waals surface area (Å²) in [5.74, 6) is -0.713. The number of para-hydroxylation sites is 1.